The van der Waals surface area contributed by atoms with Crippen molar-refractivity contribution in [3.05, 3.63) is 72.4 Å². The molecule has 0 bridgehead atoms. The molecule has 1 unspecified atom stereocenters. The standard InChI is InChI=1S/C17H20/c1-3-15-10-12-17(4-2,13-11-15)14-16-8-6-5-7-9-16/h3,5-12H,1,4,13-14H2,2H3. The van der Waals surface area contributed by atoms with Crippen molar-refractivity contribution in [3.63, 3.8) is 0 Å². The second-order valence-corrected chi connectivity index (χ2v) is 4.82. The van der Waals surface area contributed by atoms with Crippen LogP contribution in [0.3, 0.4) is 0 Å². The van der Waals surface area contributed by atoms with E-state index in [1.165, 1.54) is 17.6 Å². The van der Waals surface area contributed by atoms with E-state index in [2.05, 4.69) is 62.1 Å². The zero-order chi connectivity index (χ0) is 12.1. The first-order chi connectivity index (χ1) is 8.28. The molecule has 2 rings (SSSR count). The van der Waals surface area contributed by atoms with Gasteiger partial charge >= 0.3 is 0 Å². The van der Waals surface area contributed by atoms with E-state index in [-0.39, 0.29) is 0 Å². The average Bonchev–Trinajstić information content (AvgIpc) is 2.41. The Morgan fingerprint density at radius 1 is 1.29 bits per heavy atom. The molecule has 0 aromatic heterocycles. The minimum atomic E-state index is 0.299. The average molecular weight is 224 g/mol. The van der Waals surface area contributed by atoms with E-state index in [1.807, 2.05) is 6.08 Å². The molecule has 0 heteroatoms. The Morgan fingerprint density at radius 3 is 2.59 bits per heavy atom. The van der Waals surface area contributed by atoms with Crippen molar-refractivity contribution in [1.29, 1.82) is 0 Å². The first-order valence-corrected chi connectivity index (χ1v) is 6.34. The lowest BCUT2D eigenvalue weighted by atomic mass is 9.73. The predicted molar refractivity (Wildman–Crippen MR) is 74.9 cm³/mol. The lowest BCUT2D eigenvalue weighted by molar-refractivity contribution is 0.364. The summed E-state index contributed by atoms with van der Waals surface area (Å²) in [6.07, 6.45) is 12.2. The van der Waals surface area contributed by atoms with Crippen molar-refractivity contribution < 1.29 is 0 Å². The number of rotatable bonds is 4. The third-order valence-electron chi connectivity index (χ3n) is 3.71. The number of hydrogen-bond acceptors (Lipinski definition) is 0. The van der Waals surface area contributed by atoms with Crippen LogP contribution in [0, 0.1) is 5.41 Å². The zero-order valence-electron chi connectivity index (χ0n) is 10.5. The summed E-state index contributed by atoms with van der Waals surface area (Å²) < 4.78 is 0. The molecule has 0 heterocycles. The van der Waals surface area contributed by atoms with E-state index in [0.29, 0.717) is 5.41 Å². The Labute approximate surface area is 104 Å². The molecule has 0 N–H and O–H groups in total. The molecular formula is C17H20. The van der Waals surface area contributed by atoms with E-state index in [1.54, 1.807) is 0 Å². The smallest absolute Gasteiger partial charge is 0.00424 e. The Morgan fingerprint density at radius 2 is 2.06 bits per heavy atom. The zero-order valence-corrected chi connectivity index (χ0v) is 10.5. The maximum absolute atomic E-state index is 3.82. The molecule has 88 valence electrons. The van der Waals surface area contributed by atoms with Gasteiger partial charge in [-0.05, 0) is 35.8 Å². The van der Waals surface area contributed by atoms with Gasteiger partial charge in [-0.2, -0.15) is 0 Å². The van der Waals surface area contributed by atoms with Crippen LogP contribution in [0.4, 0.5) is 0 Å². The second-order valence-electron chi connectivity index (χ2n) is 4.82. The van der Waals surface area contributed by atoms with Crippen molar-refractivity contribution in [2.24, 2.45) is 5.41 Å². The molecule has 17 heavy (non-hydrogen) atoms. The summed E-state index contributed by atoms with van der Waals surface area (Å²) in [7, 11) is 0. The van der Waals surface area contributed by atoms with Crippen molar-refractivity contribution in [2.45, 2.75) is 26.2 Å². The molecule has 0 aliphatic heterocycles. The summed E-state index contributed by atoms with van der Waals surface area (Å²) in [6, 6.07) is 10.8. The molecule has 1 atom stereocenters. The highest BCUT2D eigenvalue weighted by Gasteiger charge is 2.26. The third kappa shape index (κ3) is 2.76. The molecule has 0 spiro atoms. The summed E-state index contributed by atoms with van der Waals surface area (Å²) in [5, 5.41) is 0. The van der Waals surface area contributed by atoms with E-state index >= 15 is 0 Å². The lowest BCUT2D eigenvalue weighted by Crippen LogP contribution is -2.21. The lowest BCUT2D eigenvalue weighted by Gasteiger charge is -2.31. The first-order valence-electron chi connectivity index (χ1n) is 6.34. The Hall–Kier alpha value is -1.56. The Kier molecular flexibility index (Phi) is 3.63. The van der Waals surface area contributed by atoms with Gasteiger partial charge in [0.2, 0.25) is 0 Å². The molecule has 1 aromatic carbocycles. The van der Waals surface area contributed by atoms with Gasteiger partial charge in [-0.1, -0.05) is 68.1 Å². The van der Waals surface area contributed by atoms with Crippen LogP contribution in [0.2, 0.25) is 0 Å². The Bertz CT molecular complexity index is 436. The van der Waals surface area contributed by atoms with Gasteiger partial charge in [-0.15, -0.1) is 0 Å². The highest BCUT2D eigenvalue weighted by Crippen LogP contribution is 2.36. The van der Waals surface area contributed by atoms with Crippen LogP contribution in [-0.4, -0.2) is 0 Å². The van der Waals surface area contributed by atoms with Gasteiger partial charge in [0.05, 0.1) is 0 Å². The van der Waals surface area contributed by atoms with Gasteiger partial charge in [0.15, 0.2) is 0 Å². The third-order valence-corrected chi connectivity index (χ3v) is 3.71. The maximum atomic E-state index is 3.82. The summed E-state index contributed by atoms with van der Waals surface area (Å²) in [6.45, 7) is 6.10. The quantitative estimate of drug-likeness (QED) is 0.695. The van der Waals surface area contributed by atoms with Crippen LogP contribution in [0.15, 0.2) is 66.8 Å². The summed E-state index contributed by atoms with van der Waals surface area (Å²) in [4.78, 5) is 0. The molecule has 1 aromatic rings. The van der Waals surface area contributed by atoms with Crippen molar-refractivity contribution >= 4 is 0 Å². The van der Waals surface area contributed by atoms with Crippen LogP contribution < -0.4 is 0 Å². The van der Waals surface area contributed by atoms with Crippen LogP contribution in [0.5, 0.6) is 0 Å². The number of benzene rings is 1. The molecule has 0 amide bonds. The Balaban J connectivity index is 2.16. The van der Waals surface area contributed by atoms with Gasteiger partial charge < -0.3 is 0 Å². The van der Waals surface area contributed by atoms with Gasteiger partial charge in [-0.3, -0.25) is 0 Å². The monoisotopic (exact) mass is 224 g/mol. The highest BCUT2D eigenvalue weighted by atomic mass is 14.3. The summed E-state index contributed by atoms with van der Waals surface area (Å²) >= 11 is 0. The highest BCUT2D eigenvalue weighted by molar-refractivity contribution is 5.35. The van der Waals surface area contributed by atoms with E-state index < -0.39 is 0 Å². The first kappa shape index (κ1) is 11.9. The van der Waals surface area contributed by atoms with Crippen LogP contribution >= 0.6 is 0 Å². The summed E-state index contributed by atoms with van der Waals surface area (Å²) in [5.74, 6) is 0. The second kappa shape index (κ2) is 5.18. The van der Waals surface area contributed by atoms with Crippen LogP contribution in [0.25, 0.3) is 0 Å². The fourth-order valence-electron chi connectivity index (χ4n) is 2.40. The fraction of sp³-hybridized carbons (Fsp3) is 0.294. The fourth-order valence-corrected chi connectivity index (χ4v) is 2.40. The van der Waals surface area contributed by atoms with Crippen LogP contribution in [0.1, 0.15) is 25.3 Å². The van der Waals surface area contributed by atoms with E-state index in [0.717, 1.165) is 12.8 Å². The van der Waals surface area contributed by atoms with Gasteiger partial charge in [0, 0.05) is 0 Å². The van der Waals surface area contributed by atoms with Crippen LogP contribution in [-0.2, 0) is 6.42 Å². The minimum absolute atomic E-state index is 0.299. The molecule has 1 aliphatic carbocycles. The van der Waals surface area contributed by atoms with Gasteiger partial charge in [-0.25, -0.2) is 0 Å². The molecule has 0 saturated carbocycles. The number of hydrogen-bond donors (Lipinski definition) is 0. The van der Waals surface area contributed by atoms with Crippen molar-refractivity contribution in [2.75, 3.05) is 0 Å². The largest absolute Gasteiger partial charge is 0.0985 e. The van der Waals surface area contributed by atoms with Gasteiger partial charge in [0.1, 0.15) is 0 Å². The summed E-state index contributed by atoms with van der Waals surface area (Å²) in [5.41, 5.74) is 2.98. The normalized spacial score (nSPS) is 23.2. The molecule has 0 nitrogen and oxygen atoms in total. The molecular weight excluding hydrogens is 204 g/mol. The SMILES string of the molecule is C=CC1=CCC(CC)(Cc2ccccc2)C=C1. The predicted octanol–water partition coefficient (Wildman–Crippen LogP) is 4.70. The molecule has 0 radical (unpaired) electrons. The minimum Gasteiger partial charge on any atom is -0.0985 e. The van der Waals surface area contributed by atoms with E-state index in [9.17, 15) is 0 Å². The molecule has 1 aliphatic rings. The van der Waals surface area contributed by atoms with E-state index in [4.69, 9.17) is 0 Å². The number of allylic oxidation sites excluding steroid dienone is 5. The molecule has 0 fully saturated rings. The van der Waals surface area contributed by atoms with Crippen molar-refractivity contribution in [1.82, 2.24) is 0 Å². The maximum Gasteiger partial charge on any atom is -0.00424 e. The topological polar surface area (TPSA) is 0 Å². The molecule has 0 saturated heterocycles. The van der Waals surface area contributed by atoms with Gasteiger partial charge in [0.25, 0.3) is 0 Å². The van der Waals surface area contributed by atoms with Crippen molar-refractivity contribution in [3.8, 4) is 0 Å².